The highest BCUT2D eigenvalue weighted by atomic mass is 16.5. The number of hydrogen-bond acceptors (Lipinski definition) is 7. The van der Waals surface area contributed by atoms with Crippen LogP contribution in [-0.2, 0) is 17.3 Å². The summed E-state index contributed by atoms with van der Waals surface area (Å²) in [6.07, 6.45) is 2.07. The van der Waals surface area contributed by atoms with E-state index < -0.39 is 0 Å². The van der Waals surface area contributed by atoms with Crippen molar-refractivity contribution in [2.45, 2.75) is 38.3 Å². The fourth-order valence-corrected chi connectivity index (χ4v) is 5.38. The number of nitrogens with two attached hydrogens (primary N) is 1. The second kappa shape index (κ2) is 9.53. The van der Waals surface area contributed by atoms with Gasteiger partial charge in [-0.25, -0.2) is 9.97 Å². The van der Waals surface area contributed by atoms with Crippen LogP contribution in [0.25, 0.3) is 22.2 Å². The first kappa shape index (κ1) is 24.6. The number of fused-ring (bicyclic) bond motifs is 1. The van der Waals surface area contributed by atoms with Crippen LogP contribution in [0.3, 0.4) is 0 Å². The average molecular weight is 511 g/mol. The minimum atomic E-state index is -0.184. The quantitative estimate of drug-likeness (QED) is 0.400. The molecule has 3 N–H and O–H groups in total. The van der Waals surface area contributed by atoms with E-state index in [0.29, 0.717) is 43.5 Å². The van der Waals surface area contributed by atoms with Gasteiger partial charge in [-0.15, -0.1) is 0 Å². The molecule has 1 saturated heterocycles. The van der Waals surface area contributed by atoms with Crippen molar-refractivity contribution in [3.8, 4) is 11.1 Å². The highest BCUT2D eigenvalue weighted by Crippen LogP contribution is 2.46. The smallest absolute Gasteiger partial charge is 0.275 e. The number of aromatic nitrogens is 3. The number of hydrogen-bond donors (Lipinski definition) is 2. The van der Waals surface area contributed by atoms with E-state index in [1.165, 1.54) is 16.7 Å². The first-order valence-electron chi connectivity index (χ1n) is 13.3. The van der Waals surface area contributed by atoms with Crippen LogP contribution in [-0.4, -0.2) is 40.8 Å². The van der Waals surface area contributed by atoms with Crippen molar-refractivity contribution in [3.05, 3.63) is 81.9 Å². The fraction of sp³-hybridized carbons (Fsp3) is 0.367. The van der Waals surface area contributed by atoms with Crippen molar-refractivity contribution in [1.29, 1.82) is 0 Å². The van der Waals surface area contributed by atoms with Crippen LogP contribution in [0.5, 0.6) is 0 Å². The Kier molecular flexibility index (Phi) is 6.16. The van der Waals surface area contributed by atoms with Crippen LogP contribution >= 0.6 is 0 Å². The molecule has 1 saturated carbocycles. The van der Waals surface area contributed by atoms with E-state index >= 15 is 0 Å². The highest BCUT2D eigenvalue weighted by molar-refractivity contribution is 5.89. The summed E-state index contributed by atoms with van der Waals surface area (Å²) in [5.41, 5.74) is 12.3. The van der Waals surface area contributed by atoms with E-state index in [1.807, 2.05) is 13.0 Å². The van der Waals surface area contributed by atoms with E-state index in [-0.39, 0.29) is 17.1 Å². The predicted octanol–water partition coefficient (Wildman–Crippen LogP) is 4.26. The minimum absolute atomic E-state index is 0.00912. The fourth-order valence-electron chi connectivity index (χ4n) is 5.38. The van der Waals surface area contributed by atoms with Crippen molar-refractivity contribution >= 4 is 22.5 Å². The Balaban J connectivity index is 1.32. The maximum atomic E-state index is 13.2. The molecule has 1 aliphatic carbocycles. The molecule has 196 valence electrons. The molecule has 1 atom stereocenters. The number of rotatable bonds is 6. The van der Waals surface area contributed by atoms with E-state index in [4.69, 9.17) is 15.5 Å². The molecule has 8 nitrogen and oxygen atoms in total. The highest BCUT2D eigenvalue weighted by Gasteiger charge is 2.41. The van der Waals surface area contributed by atoms with Gasteiger partial charge in [0, 0.05) is 31.7 Å². The Labute approximate surface area is 222 Å². The van der Waals surface area contributed by atoms with Gasteiger partial charge in [0.1, 0.15) is 23.0 Å². The zero-order chi connectivity index (χ0) is 26.4. The Morgan fingerprint density at radius 2 is 1.76 bits per heavy atom. The van der Waals surface area contributed by atoms with Crippen LogP contribution < -0.4 is 21.5 Å². The molecule has 38 heavy (non-hydrogen) atoms. The predicted molar refractivity (Wildman–Crippen MR) is 152 cm³/mol. The van der Waals surface area contributed by atoms with E-state index in [9.17, 15) is 4.79 Å². The standard InChI is InChI=1S/C30H34N6O2/c1-19(21-8-10-22(11-9-21)23-6-4-5-7-25(23)30(31)12-13-30)32-27-24-18-26(36-14-16-38-17-15-36)29(37)35(3)28(24)34-20(2)33-27/h4-11,18-19H,12-17,31H2,1-3H3,(H,32,33,34)/t19-/m1/s1. The van der Waals surface area contributed by atoms with Crippen molar-refractivity contribution in [2.24, 2.45) is 12.8 Å². The lowest BCUT2D eigenvalue weighted by Crippen LogP contribution is -2.40. The number of anilines is 2. The summed E-state index contributed by atoms with van der Waals surface area (Å²) in [6.45, 7) is 6.57. The molecule has 2 aromatic carbocycles. The van der Waals surface area contributed by atoms with Gasteiger partial charge in [-0.05, 0) is 55.0 Å². The van der Waals surface area contributed by atoms with Crippen molar-refractivity contribution < 1.29 is 4.74 Å². The average Bonchev–Trinajstić information content (AvgIpc) is 3.69. The van der Waals surface area contributed by atoms with Gasteiger partial charge in [-0.2, -0.15) is 0 Å². The maximum absolute atomic E-state index is 13.2. The first-order valence-corrected chi connectivity index (χ1v) is 13.3. The van der Waals surface area contributed by atoms with E-state index in [0.717, 1.165) is 29.6 Å². The molecule has 0 unspecified atom stereocenters. The molecule has 0 radical (unpaired) electrons. The summed E-state index contributed by atoms with van der Waals surface area (Å²) in [5, 5.41) is 4.42. The maximum Gasteiger partial charge on any atom is 0.275 e. The summed E-state index contributed by atoms with van der Waals surface area (Å²) in [7, 11) is 1.78. The molecule has 0 amide bonds. The lowest BCUT2D eigenvalue weighted by molar-refractivity contribution is 0.122. The van der Waals surface area contributed by atoms with Gasteiger partial charge < -0.3 is 20.7 Å². The number of nitrogens with one attached hydrogen (secondary N) is 1. The SMILES string of the molecule is Cc1nc(N[C@H](C)c2ccc(-c3ccccc3C3(N)CC3)cc2)c2cc(N3CCOCC3)c(=O)n(C)c2n1. The summed E-state index contributed by atoms with van der Waals surface area (Å²) >= 11 is 0. The van der Waals surface area contributed by atoms with Gasteiger partial charge in [-0.1, -0.05) is 48.5 Å². The lowest BCUT2D eigenvalue weighted by Gasteiger charge is -2.29. The molecule has 8 heteroatoms. The molecular weight excluding hydrogens is 476 g/mol. The molecule has 2 aliphatic rings. The van der Waals surface area contributed by atoms with Gasteiger partial charge in [0.15, 0.2) is 0 Å². The van der Waals surface area contributed by atoms with Crippen LogP contribution in [0.2, 0.25) is 0 Å². The molecule has 6 rings (SSSR count). The van der Waals surface area contributed by atoms with Gasteiger partial charge in [0.25, 0.3) is 5.56 Å². The van der Waals surface area contributed by atoms with Crippen LogP contribution in [0.1, 0.15) is 42.8 Å². The monoisotopic (exact) mass is 510 g/mol. The zero-order valence-electron chi connectivity index (χ0n) is 22.2. The van der Waals surface area contributed by atoms with Crippen LogP contribution in [0.4, 0.5) is 11.5 Å². The molecule has 2 aromatic heterocycles. The summed E-state index contributed by atoms with van der Waals surface area (Å²) in [5.74, 6) is 1.34. The molecule has 0 spiro atoms. The Hall–Kier alpha value is -3.75. The second-order valence-corrected chi connectivity index (χ2v) is 10.5. The third-order valence-corrected chi connectivity index (χ3v) is 7.84. The summed E-state index contributed by atoms with van der Waals surface area (Å²) < 4.78 is 7.11. The Morgan fingerprint density at radius 1 is 1.05 bits per heavy atom. The van der Waals surface area contributed by atoms with Gasteiger partial charge >= 0.3 is 0 Å². The van der Waals surface area contributed by atoms with Crippen molar-refractivity contribution in [3.63, 3.8) is 0 Å². The molecule has 3 heterocycles. The third kappa shape index (κ3) is 4.44. The molecule has 4 aromatic rings. The normalized spacial score (nSPS) is 17.4. The third-order valence-electron chi connectivity index (χ3n) is 7.84. The van der Waals surface area contributed by atoms with Crippen molar-refractivity contribution in [2.75, 3.05) is 36.5 Å². The number of nitrogens with zero attached hydrogens (tertiary/aromatic N) is 4. The van der Waals surface area contributed by atoms with E-state index in [1.54, 1.807) is 11.6 Å². The summed E-state index contributed by atoms with van der Waals surface area (Å²) in [4.78, 5) is 24.6. The second-order valence-electron chi connectivity index (χ2n) is 10.5. The van der Waals surface area contributed by atoms with E-state index in [2.05, 4.69) is 70.7 Å². The van der Waals surface area contributed by atoms with Gasteiger partial charge in [-0.3, -0.25) is 9.36 Å². The number of ether oxygens (including phenoxy) is 1. The first-order chi connectivity index (χ1) is 18.3. The molecule has 0 bridgehead atoms. The molecular formula is C30H34N6O2. The van der Waals surface area contributed by atoms with Crippen molar-refractivity contribution in [1.82, 2.24) is 14.5 Å². The Morgan fingerprint density at radius 3 is 2.47 bits per heavy atom. The van der Waals surface area contributed by atoms with Gasteiger partial charge in [0.05, 0.1) is 18.6 Å². The molecule has 2 fully saturated rings. The number of morpholine rings is 1. The topological polar surface area (TPSA) is 98.3 Å². The minimum Gasteiger partial charge on any atom is -0.378 e. The molecule has 1 aliphatic heterocycles. The number of pyridine rings is 1. The number of benzene rings is 2. The summed E-state index contributed by atoms with van der Waals surface area (Å²) in [6, 6.07) is 19.0. The Bertz CT molecular complexity index is 1550. The number of aryl methyl sites for hydroxylation is 2. The lowest BCUT2D eigenvalue weighted by atomic mass is 9.93. The van der Waals surface area contributed by atoms with Gasteiger partial charge in [0.2, 0.25) is 0 Å². The van der Waals surface area contributed by atoms with Crippen LogP contribution in [0.15, 0.2) is 59.4 Å². The van der Waals surface area contributed by atoms with Crippen LogP contribution in [0, 0.1) is 6.92 Å². The zero-order valence-corrected chi connectivity index (χ0v) is 22.2. The largest absolute Gasteiger partial charge is 0.378 e.